The highest BCUT2D eigenvalue weighted by Gasteiger charge is 2.19. The maximum absolute atomic E-state index is 12.4. The van der Waals surface area contributed by atoms with Crippen LogP contribution in [0.4, 0.5) is 0 Å². The van der Waals surface area contributed by atoms with E-state index in [0.717, 1.165) is 54.9 Å². The second-order valence-corrected chi connectivity index (χ2v) is 11.3. The van der Waals surface area contributed by atoms with Gasteiger partial charge in [0, 0.05) is 5.56 Å². The number of sulfone groups is 1. The molecule has 4 aromatic rings. The quantitative estimate of drug-likeness (QED) is 0.273. The van der Waals surface area contributed by atoms with Crippen LogP contribution in [0.5, 0.6) is 0 Å². The van der Waals surface area contributed by atoms with E-state index < -0.39 is 9.84 Å². The predicted octanol–water partition coefficient (Wildman–Crippen LogP) is 7.73. The van der Waals surface area contributed by atoms with Crippen molar-refractivity contribution in [3.8, 4) is 11.1 Å². The molecule has 0 atom stereocenters. The van der Waals surface area contributed by atoms with Gasteiger partial charge in [-0.3, -0.25) is 0 Å². The van der Waals surface area contributed by atoms with Crippen LogP contribution in [0.25, 0.3) is 44.5 Å². The molecule has 0 aromatic heterocycles. The summed E-state index contributed by atoms with van der Waals surface area (Å²) in [6.45, 7) is 4.17. The fraction of sp³-hybridized carbons (Fsp3) is 0.125. The van der Waals surface area contributed by atoms with Gasteiger partial charge in [-0.25, -0.2) is 8.42 Å². The lowest BCUT2D eigenvalue weighted by molar-refractivity contribution is 0.511. The summed E-state index contributed by atoms with van der Waals surface area (Å²) in [5, 5.41) is 15.5. The molecule has 0 spiro atoms. The maximum atomic E-state index is 12.4. The zero-order valence-electron chi connectivity index (χ0n) is 20.4. The van der Waals surface area contributed by atoms with Crippen molar-refractivity contribution < 1.29 is 13.5 Å². The van der Waals surface area contributed by atoms with Crippen LogP contribution in [0.1, 0.15) is 22.3 Å². The second kappa shape index (κ2) is 9.63. The van der Waals surface area contributed by atoms with E-state index in [9.17, 15) is 13.5 Å². The number of benzene rings is 4. The molecule has 1 aliphatic heterocycles. The number of aliphatic hydroxyl groups excluding tert-OH is 1. The predicted molar refractivity (Wildman–Crippen MR) is 153 cm³/mol. The first kappa shape index (κ1) is 23.8. The minimum absolute atomic E-state index is 0.0371. The Morgan fingerprint density at radius 1 is 0.722 bits per heavy atom. The van der Waals surface area contributed by atoms with Crippen LogP contribution < -0.4 is 0 Å². The van der Waals surface area contributed by atoms with Crippen molar-refractivity contribution in [3.05, 3.63) is 119 Å². The zero-order chi connectivity index (χ0) is 25.3. The Labute approximate surface area is 212 Å². The number of fused-ring (bicyclic) bond motifs is 9. The number of hydrogen-bond acceptors (Lipinski definition) is 3. The lowest BCUT2D eigenvalue weighted by atomic mass is 9.84. The van der Waals surface area contributed by atoms with Gasteiger partial charge in [-0.1, -0.05) is 85.0 Å². The molecule has 0 saturated heterocycles. The summed E-state index contributed by atoms with van der Waals surface area (Å²) in [6.07, 6.45) is 12.2. The summed E-state index contributed by atoms with van der Waals surface area (Å²) in [7, 11) is -3.27. The van der Waals surface area contributed by atoms with Gasteiger partial charge in [0.15, 0.2) is 9.84 Å². The summed E-state index contributed by atoms with van der Waals surface area (Å²) in [6, 6.07) is 20.8. The molecular formula is C32H28O3S. The second-order valence-electron chi connectivity index (χ2n) is 9.18. The lowest BCUT2D eigenvalue weighted by Crippen LogP contribution is -2.07. The topological polar surface area (TPSA) is 54.4 Å². The fourth-order valence-electron chi connectivity index (χ4n) is 4.97. The zero-order valence-corrected chi connectivity index (χ0v) is 21.2. The Morgan fingerprint density at radius 2 is 1.31 bits per heavy atom. The van der Waals surface area contributed by atoms with Gasteiger partial charge in [-0.2, -0.15) is 0 Å². The molecule has 4 aromatic carbocycles. The average Bonchev–Trinajstić information content (AvgIpc) is 2.86. The fourth-order valence-corrected chi connectivity index (χ4v) is 5.91. The van der Waals surface area contributed by atoms with Crippen LogP contribution in [-0.4, -0.2) is 25.0 Å². The van der Waals surface area contributed by atoms with Gasteiger partial charge in [0.25, 0.3) is 0 Å². The summed E-state index contributed by atoms with van der Waals surface area (Å²) in [5.41, 5.74) is 6.13. The first-order valence-corrected chi connectivity index (χ1v) is 13.8. The summed E-state index contributed by atoms with van der Waals surface area (Å²) in [5.74, 6) is -0.0155. The minimum atomic E-state index is -3.27. The Kier molecular flexibility index (Phi) is 6.38. The summed E-state index contributed by atoms with van der Waals surface area (Å²) < 4.78 is 24.8. The van der Waals surface area contributed by atoms with Crippen LogP contribution in [0.15, 0.2) is 97.1 Å². The Hall–Kier alpha value is -3.89. The van der Waals surface area contributed by atoms with Crippen molar-refractivity contribution >= 4 is 43.2 Å². The third kappa shape index (κ3) is 4.52. The first-order valence-electron chi connectivity index (χ1n) is 12.0. The van der Waals surface area contributed by atoms with Crippen LogP contribution in [0.3, 0.4) is 0 Å². The van der Waals surface area contributed by atoms with E-state index in [1.807, 2.05) is 43.3 Å². The van der Waals surface area contributed by atoms with E-state index in [2.05, 4.69) is 43.3 Å². The molecule has 5 rings (SSSR count). The first-order chi connectivity index (χ1) is 17.4. The monoisotopic (exact) mass is 492 g/mol. The van der Waals surface area contributed by atoms with Gasteiger partial charge < -0.3 is 5.11 Å². The number of hydrogen-bond donors (Lipinski definition) is 1. The van der Waals surface area contributed by atoms with Gasteiger partial charge >= 0.3 is 0 Å². The minimum Gasteiger partial charge on any atom is -0.507 e. The van der Waals surface area contributed by atoms with E-state index in [4.69, 9.17) is 0 Å². The lowest BCUT2D eigenvalue weighted by Gasteiger charge is -2.20. The molecule has 0 aliphatic carbocycles. The van der Waals surface area contributed by atoms with Gasteiger partial charge in [0.2, 0.25) is 0 Å². The van der Waals surface area contributed by atoms with E-state index in [0.29, 0.717) is 0 Å². The van der Waals surface area contributed by atoms with E-state index in [-0.39, 0.29) is 17.3 Å². The molecule has 0 amide bonds. The molecule has 0 radical (unpaired) electrons. The molecule has 0 fully saturated rings. The van der Waals surface area contributed by atoms with Crippen molar-refractivity contribution in [2.24, 2.45) is 0 Å². The number of rotatable bonds is 0. The molecule has 180 valence electrons. The highest BCUT2D eigenvalue weighted by Crippen LogP contribution is 2.42. The van der Waals surface area contributed by atoms with Crippen molar-refractivity contribution in [2.75, 3.05) is 11.5 Å². The van der Waals surface area contributed by atoms with Crippen molar-refractivity contribution in [2.45, 2.75) is 13.8 Å². The standard InChI is InChI=1S/C32H28O3S/c1-22-24-12-4-3-10-18-36(34,35)19-11-9-17-30(33)29-21-26-14-6-8-16-28(26)32(23(29)2)31(22)27-15-7-5-13-25(27)20-24/h3-17,20-21,33H,18-19H2,1-2H3/b10-3-,11-9-,12-4-,30-17+. The molecule has 36 heavy (non-hydrogen) atoms. The molecule has 3 nitrogen and oxygen atoms in total. The molecule has 1 heterocycles. The van der Waals surface area contributed by atoms with Crippen LogP contribution >= 0.6 is 0 Å². The summed E-state index contributed by atoms with van der Waals surface area (Å²) in [4.78, 5) is 0. The van der Waals surface area contributed by atoms with Gasteiger partial charge in [0.05, 0.1) is 11.5 Å². The molecule has 4 bridgehead atoms. The SMILES string of the molecule is Cc1c2cc3ccccc3c1-c1c(C)c(cc3ccccc13)/C(O)=C\C=C/CS(=O)(=O)C/C=C\C=C/2. The molecular weight excluding hydrogens is 464 g/mol. The number of allylic oxidation sites excluding steroid dienone is 4. The molecule has 0 unspecified atom stereocenters. The number of aliphatic hydroxyl groups is 1. The van der Waals surface area contributed by atoms with Crippen LogP contribution in [0, 0.1) is 13.8 Å². The highest BCUT2D eigenvalue weighted by atomic mass is 32.2. The van der Waals surface area contributed by atoms with Gasteiger partial charge in [0.1, 0.15) is 5.76 Å². The van der Waals surface area contributed by atoms with Crippen LogP contribution in [0.2, 0.25) is 0 Å². The van der Waals surface area contributed by atoms with Gasteiger partial charge in [-0.05, 0) is 81.4 Å². The third-order valence-electron chi connectivity index (χ3n) is 6.80. The highest BCUT2D eigenvalue weighted by molar-refractivity contribution is 7.91. The van der Waals surface area contributed by atoms with Crippen molar-refractivity contribution in [1.82, 2.24) is 0 Å². The molecule has 1 N–H and O–H groups in total. The third-order valence-corrected chi connectivity index (χ3v) is 8.20. The van der Waals surface area contributed by atoms with Gasteiger partial charge in [-0.15, -0.1) is 0 Å². The smallest absolute Gasteiger partial charge is 0.157 e. The molecule has 1 aliphatic rings. The van der Waals surface area contributed by atoms with Crippen molar-refractivity contribution in [3.63, 3.8) is 0 Å². The average molecular weight is 493 g/mol. The maximum Gasteiger partial charge on any atom is 0.157 e. The normalized spacial score (nSPS) is 19.8. The Balaban J connectivity index is 1.91. The Morgan fingerprint density at radius 3 is 2.00 bits per heavy atom. The molecule has 4 heteroatoms. The van der Waals surface area contributed by atoms with E-state index in [1.54, 1.807) is 30.4 Å². The Bertz CT molecular complexity index is 1720. The largest absolute Gasteiger partial charge is 0.507 e. The van der Waals surface area contributed by atoms with Crippen LogP contribution in [-0.2, 0) is 9.84 Å². The van der Waals surface area contributed by atoms with E-state index in [1.165, 1.54) is 0 Å². The van der Waals surface area contributed by atoms with Crippen molar-refractivity contribution in [1.29, 1.82) is 0 Å². The molecule has 0 saturated carbocycles. The summed E-state index contributed by atoms with van der Waals surface area (Å²) >= 11 is 0. The van der Waals surface area contributed by atoms with E-state index >= 15 is 0 Å².